The van der Waals surface area contributed by atoms with E-state index in [0.717, 1.165) is 21.9 Å². The normalized spacial score (nSPS) is 10.4. The highest BCUT2D eigenvalue weighted by Gasteiger charge is 2.05. The molecule has 0 fully saturated rings. The summed E-state index contributed by atoms with van der Waals surface area (Å²) in [5.74, 6) is 0.766. The molecule has 0 spiro atoms. The highest BCUT2D eigenvalue weighted by molar-refractivity contribution is 7.98. The van der Waals surface area contributed by atoms with Crippen molar-refractivity contribution in [2.75, 3.05) is 5.73 Å². The molecular weight excluding hydrogens is 260 g/mol. The largest absolute Gasteiger partial charge is 0.399 e. The molecule has 19 heavy (non-hydrogen) atoms. The smallest absolute Gasteiger partial charge is 0.269 e. The first kappa shape index (κ1) is 13.4. The Morgan fingerprint density at radius 1 is 1.21 bits per heavy atom. The van der Waals surface area contributed by atoms with E-state index in [0.29, 0.717) is 0 Å². The van der Waals surface area contributed by atoms with Crippen LogP contribution < -0.4 is 5.73 Å². The topological polar surface area (TPSA) is 69.2 Å². The summed E-state index contributed by atoms with van der Waals surface area (Å²) in [7, 11) is 0. The summed E-state index contributed by atoms with van der Waals surface area (Å²) in [4.78, 5) is 11.3. The Kier molecular flexibility index (Phi) is 4.06. The SMILES string of the molecule is Cc1ccc(N)cc1SCc1ccc([N+](=O)[O-])cc1. The van der Waals surface area contributed by atoms with Crippen molar-refractivity contribution in [1.82, 2.24) is 0 Å². The molecule has 0 saturated heterocycles. The van der Waals surface area contributed by atoms with Gasteiger partial charge in [-0.25, -0.2) is 0 Å². The molecule has 0 aliphatic carbocycles. The number of nitro groups is 1. The minimum atomic E-state index is -0.390. The number of thioether (sulfide) groups is 1. The van der Waals surface area contributed by atoms with E-state index in [9.17, 15) is 10.1 Å². The average Bonchev–Trinajstić information content (AvgIpc) is 2.40. The maximum Gasteiger partial charge on any atom is 0.269 e. The van der Waals surface area contributed by atoms with E-state index in [1.54, 1.807) is 23.9 Å². The molecule has 0 unspecified atom stereocenters. The Balaban J connectivity index is 2.06. The van der Waals surface area contributed by atoms with Crippen LogP contribution in [0.3, 0.4) is 0 Å². The highest BCUT2D eigenvalue weighted by Crippen LogP contribution is 2.28. The van der Waals surface area contributed by atoms with Crippen molar-refractivity contribution in [1.29, 1.82) is 0 Å². The van der Waals surface area contributed by atoms with Crippen molar-refractivity contribution in [2.45, 2.75) is 17.6 Å². The fourth-order valence-electron chi connectivity index (χ4n) is 1.65. The fourth-order valence-corrected chi connectivity index (χ4v) is 2.68. The van der Waals surface area contributed by atoms with Crippen LogP contribution in [0.25, 0.3) is 0 Å². The van der Waals surface area contributed by atoms with Gasteiger partial charge in [0.25, 0.3) is 5.69 Å². The lowest BCUT2D eigenvalue weighted by atomic mass is 10.2. The summed E-state index contributed by atoms with van der Waals surface area (Å²) in [5, 5.41) is 10.6. The van der Waals surface area contributed by atoms with Gasteiger partial charge in [-0.15, -0.1) is 11.8 Å². The maximum atomic E-state index is 10.6. The lowest BCUT2D eigenvalue weighted by Crippen LogP contribution is -1.89. The quantitative estimate of drug-likeness (QED) is 0.399. The molecule has 98 valence electrons. The Hall–Kier alpha value is -2.01. The first-order valence-corrected chi connectivity index (χ1v) is 6.77. The number of nitrogen functional groups attached to an aromatic ring is 1. The summed E-state index contributed by atoms with van der Waals surface area (Å²) in [6.07, 6.45) is 0. The minimum Gasteiger partial charge on any atom is -0.399 e. The number of hydrogen-bond donors (Lipinski definition) is 1. The molecule has 0 radical (unpaired) electrons. The molecule has 2 aromatic rings. The third-order valence-corrected chi connectivity index (χ3v) is 3.98. The molecule has 0 amide bonds. The van der Waals surface area contributed by atoms with E-state index < -0.39 is 0 Å². The molecular formula is C14H14N2O2S. The molecule has 0 bridgehead atoms. The van der Waals surface area contributed by atoms with Gasteiger partial charge < -0.3 is 5.73 Å². The second-order valence-electron chi connectivity index (χ2n) is 4.24. The van der Waals surface area contributed by atoms with Crippen molar-refractivity contribution >= 4 is 23.1 Å². The number of nitro benzene ring substituents is 1. The molecule has 0 aliphatic rings. The maximum absolute atomic E-state index is 10.6. The van der Waals surface area contributed by atoms with Crippen molar-refractivity contribution in [3.8, 4) is 0 Å². The third kappa shape index (κ3) is 3.48. The van der Waals surface area contributed by atoms with Crippen molar-refractivity contribution in [2.24, 2.45) is 0 Å². The van der Waals surface area contributed by atoms with E-state index >= 15 is 0 Å². The van der Waals surface area contributed by atoms with Crippen LogP contribution in [-0.4, -0.2) is 4.92 Å². The molecule has 0 heterocycles. The molecule has 0 aliphatic heterocycles. The zero-order valence-electron chi connectivity index (χ0n) is 10.5. The predicted molar refractivity (Wildman–Crippen MR) is 78.2 cm³/mol. The third-order valence-electron chi connectivity index (χ3n) is 2.75. The molecule has 2 N–H and O–H groups in total. The van der Waals surface area contributed by atoms with E-state index in [-0.39, 0.29) is 10.6 Å². The first-order valence-electron chi connectivity index (χ1n) is 5.78. The number of rotatable bonds is 4. The fraction of sp³-hybridized carbons (Fsp3) is 0.143. The standard InChI is InChI=1S/C14H14N2O2S/c1-10-2-5-12(15)8-14(10)19-9-11-3-6-13(7-4-11)16(17)18/h2-8H,9,15H2,1H3. The summed E-state index contributed by atoms with van der Waals surface area (Å²) in [6, 6.07) is 12.5. The van der Waals surface area contributed by atoms with Gasteiger partial charge in [-0.05, 0) is 30.2 Å². The van der Waals surface area contributed by atoms with Crippen LogP contribution in [0.1, 0.15) is 11.1 Å². The van der Waals surface area contributed by atoms with Crippen LogP contribution in [0.15, 0.2) is 47.4 Å². The summed E-state index contributed by atoms with van der Waals surface area (Å²) < 4.78 is 0. The van der Waals surface area contributed by atoms with Crippen LogP contribution in [0.2, 0.25) is 0 Å². The van der Waals surface area contributed by atoms with E-state index in [1.165, 1.54) is 17.7 Å². The number of aryl methyl sites for hydroxylation is 1. The number of anilines is 1. The van der Waals surface area contributed by atoms with Crippen LogP contribution in [0.5, 0.6) is 0 Å². The van der Waals surface area contributed by atoms with Gasteiger partial charge in [-0.2, -0.15) is 0 Å². The second-order valence-corrected chi connectivity index (χ2v) is 5.25. The Morgan fingerprint density at radius 2 is 1.89 bits per heavy atom. The van der Waals surface area contributed by atoms with Gasteiger partial charge in [0.1, 0.15) is 0 Å². The molecule has 0 atom stereocenters. The summed E-state index contributed by atoms with van der Waals surface area (Å²) in [6.45, 7) is 2.04. The van der Waals surface area contributed by atoms with Crippen molar-refractivity contribution in [3.63, 3.8) is 0 Å². The summed E-state index contributed by atoms with van der Waals surface area (Å²) in [5.41, 5.74) is 8.86. The molecule has 5 heteroatoms. The van der Waals surface area contributed by atoms with Crippen molar-refractivity contribution in [3.05, 3.63) is 63.7 Å². The highest BCUT2D eigenvalue weighted by atomic mass is 32.2. The van der Waals surface area contributed by atoms with Gasteiger partial charge in [-0.3, -0.25) is 10.1 Å². The van der Waals surface area contributed by atoms with E-state index in [1.807, 2.05) is 25.1 Å². The van der Waals surface area contributed by atoms with Crippen LogP contribution >= 0.6 is 11.8 Å². The van der Waals surface area contributed by atoms with Gasteiger partial charge in [-0.1, -0.05) is 18.2 Å². The lowest BCUT2D eigenvalue weighted by molar-refractivity contribution is -0.384. The van der Waals surface area contributed by atoms with E-state index in [2.05, 4.69) is 0 Å². The number of hydrogen-bond acceptors (Lipinski definition) is 4. The first-order chi connectivity index (χ1) is 9.06. The van der Waals surface area contributed by atoms with Gasteiger partial charge in [0, 0.05) is 28.5 Å². The number of nitrogens with two attached hydrogens (primary N) is 1. The molecule has 0 aromatic heterocycles. The van der Waals surface area contributed by atoms with Gasteiger partial charge in [0.2, 0.25) is 0 Å². The van der Waals surface area contributed by atoms with Gasteiger partial charge >= 0.3 is 0 Å². The zero-order valence-corrected chi connectivity index (χ0v) is 11.3. The monoisotopic (exact) mass is 274 g/mol. The number of benzene rings is 2. The molecule has 2 aromatic carbocycles. The van der Waals surface area contributed by atoms with Crippen molar-refractivity contribution < 1.29 is 4.92 Å². The second kappa shape index (κ2) is 5.75. The number of nitrogens with zero attached hydrogens (tertiary/aromatic N) is 1. The summed E-state index contributed by atoms with van der Waals surface area (Å²) >= 11 is 1.68. The Bertz CT molecular complexity index is 597. The molecule has 4 nitrogen and oxygen atoms in total. The Morgan fingerprint density at radius 3 is 2.53 bits per heavy atom. The van der Waals surface area contributed by atoms with Gasteiger partial charge in [0.05, 0.1) is 4.92 Å². The van der Waals surface area contributed by atoms with E-state index in [4.69, 9.17) is 5.73 Å². The Labute approximate surface area is 115 Å². The predicted octanol–water partition coefficient (Wildman–Crippen LogP) is 3.78. The van der Waals surface area contributed by atoms with Gasteiger partial charge in [0.15, 0.2) is 0 Å². The number of non-ortho nitro benzene ring substituents is 1. The van der Waals surface area contributed by atoms with Crippen LogP contribution in [0.4, 0.5) is 11.4 Å². The molecule has 2 rings (SSSR count). The minimum absolute atomic E-state index is 0.119. The van der Waals surface area contributed by atoms with Crippen LogP contribution in [-0.2, 0) is 5.75 Å². The lowest BCUT2D eigenvalue weighted by Gasteiger charge is -2.06. The molecule has 0 saturated carbocycles. The zero-order chi connectivity index (χ0) is 13.8. The average molecular weight is 274 g/mol. The van der Waals surface area contributed by atoms with Crippen LogP contribution in [0, 0.1) is 17.0 Å².